The van der Waals surface area contributed by atoms with Gasteiger partial charge in [0.2, 0.25) is 5.76 Å². The second-order valence-corrected chi connectivity index (χ2v) is 4.81. The van der Waals surface area contributed by atoms with Crippen molar-refractivity contribution in [2.24, 2.45) is 5.10 Å². The van der Waals surface area contributed by atoms with Crippen molar-refractivity contribution in [1.82, 2.24) is 20.4 Å². The minimum absolute atomic E-state index is 0.0360. The molecule has 3 heterocycles. The molecule has 0 radical (unpaired) electrons. The highest BCUT2D eigenvalue weighted by Gasteiger charge is 2.28. The van der Waals surface area contributed by atoms with E-state index >= 15 is 0 Å². The maximum absolute atomic E-state index is 12.2. The first-order valence-corrected chi connectivity index (χ1v) is 6.85. The summed E-state index contributed by atoms with van der Waals surface area (Å²) in [6.45, 7) is -1.21. The molecule has 3 rings (SSSR count). The normalized spacial score (nSPS) is 12.0. The number of halogens is 3. The van der Waals surface area contributed by atoms with E-state index in [1.807, 2.05) is 0 Å². The summed E-state index contributed by atoms with van der Waals surface area (Å²) in [7, 11) is 0. The van der Waals surface area contributed by atoms with Gasteiger partial charge in [0, 0.05) is 12.3 Å². The minimum Gasteiger partial charge on any atom is -0.461 e. The van der Waals surface area contributed by atoms with Gasteiger partial charge in [-0.15, -0.1) is 0 Å². The summed E-state index contributed by atoms with van der Waals surface area (Å²) in [6, 6.07) is 5.98. The fraction of sp³-hybridized carbons (Fsp3) is 0.143. The summed E-state index contributed by atoms with van der Waals surface area (Å²) >= 11 is 0. The van der Waals surface area contributed by atoms with E-state index in [4.69, 9.17) is 8.94 Å². The molecule has 0 aliphatic heterocycles. The van der Waals surface area contributed by atoms with Gasteiger partial charge in [-0.25, -0.2) is 5.43 Å². The number of nitrogens with one attached hydrogen (secondary N) is 1. The summed E-state index contributed by atoms with van der Waals surface area (Å²) in [5.41, 5.74) is 2.29. The molecule has 8 nitrogen and oxygen atoms in total. The molecule has 0 aromatic carbocycles. The molecule has 0 spiro atoms. The number of aromatic nitrogens is 3. The molecule has 0 aliphatic carbocycles. The number of furan rings is 1. The highest BCUT2D eigenvalue weighted by Crippen LogP contribution is 2.20. The molecule has 0 unspecified atom stereocenters. The molecule has 130 valence electrons. The van der Waals surface area contributed by atoms with E-state index < -0.39 is 18.6 Å². The largest absolute Gasteiger partial charge is 0.461 e. The van der Waals surface area contributed by atoms with Crippen molar-refractivity contribution in [2.75, 3.05) is 0 Å². The van der Waals surface area contributed by atoms with E-state index in [1.165, 1.54) is 18.4 Å². The molecule has 0 bridgehead atoms. The van der Waals surface area contributed by atoms with Crippen LogP contribution in [0.15, 0.2) is 50.8 Å². The van der Waals surface area contributed by atoms with Gasteiger partial charge in [0.05, 0.1) is 12.5 Å². The van der Waals surface area contributed by atoms with Crippen LogP contribution in [0.1, 0.15) is 16.2 Å². The molecule has 1 N–H and O–H groups in total. The van der Waals surface area contributed by atoms with Crippen molar-refractivity contribution in [2.45, 2.75) is 12.7 Å². The molecule has 0 aliphatic rings. The maximum Gasteiger partial charge on any atom is 0.408 e. The number of carbonyl (C=O) groups excluding carboxylic acids is 1. The molecule has 0 fully saturated rings. The van der Waals surface area contributed by atoms with Gasteiger partial charge in [-0.05, 0) is 18.2 Å². The molecule has 3 aromatic rings. The zero-order valence-corrected chi connectivity index (χ0v) is 12.4. The number of rotatable bonds is 5. The van der Waals surface area contributed by atoms with Gasteiger partial charge in [0.1, 0.15) is 12.2 Å². The maximum atomic E-state index is 12.2. The lowest BCUT2D eigenvalue weighted by atomic mass is 10.3. The Morgan fingerprint density at radius 1 is 1.36 bits per heavy atom. The minimum atomic E-state index is -4.37. The van der Waals surface area contributed by atoms with Crippen LogP contribution < -0.4 is 5.43 Å². The highest BCUT2D eigenvalue weighted by molar-refractivity contribution is 5.93. The van der Waals surface area contributed by atoms with E-state index in [2.05, 4.69) is 20.8 Å². The third kappa shape index (κ3) is 4.34. The Labute approximate surface area is 137 Å². The lowest BCUT2D eigenvalue weighted by Gasteiger charge is -2.04. The van der Waals surface area contributed by atoms with E-state index in [-0.39, 0.29) is 17.1 Å². The number of hydrogen-bond acceptors (Lipinski definition) is 6. The Bertz CT molecular complexity index is 880. The summed E-state index contributed by atoms with van der Waals surface area (Å²) in [4.78, 5) is 11.9. The van der Waals surface area contributed by atoms with Crippen LogP contribution in [0.25, 0.3) is 11.5 Å². The number of hydrazone groups is 1. The zero-order chi connectivity index (χ0) is 17.9. The van der Waals surface area contributed by atoms with Gasteiger partial charge >= 0.3 is 6.18 Å². The Balaban J connectivity index is 1.58. The number of nitrogens with zero attached hydrogens (tertiary/aromatic N) is 4. The SMILES string of the molecule is O=C(N/N=C\c1ccn(CC(F)(F)F)n1)c1cc(-c2ccco2)on1. The first kappa shape index (κ1) is 16.5. The van der Waals surface area contributed by atoms with E-state index in [0.29, 0.717) is 5.76 Å². The quantitative estimate of drug-likeness (QED) is 0.561. The zero-order valence-electron chi connectivity index (χ0n) is 12.4. The molecule has 25 heavy (non-hydrogen) atoms. The predicted molar refractivity (Wildman–Crippen MR) is 77.5 cm³/mol. The van der Waals surface area contributed by atoms with E-state index in [1.54, 1.807) is 12.1 Å². The van der Waals surface area contributed by atoms with Gasteiger partial charge in [0.25, 0.3) is 5.91 Å². The summed E-state index contributed by atoms with van der Waals surface area (Å²) in [5.74, 6) is 0.0165. The third-order valence-electron chi connectivity index (χ3n) is 2.87. The van der Waals surface area contributed by atoms with E-state index in [0.717, 1.165) is 17.1 Å². The number of hydrogen-bond donors (Lipinski definition) is 1. The van der Waals surface area contributed by atoms with Crippen LogP contribution in [-0.4, -0.2) is 33.2 Å². The molecule has 0 atom stereocenters. The van der Waals surface area contributed by atoms with Gasteiger partial charge in [0.15, 0.2) is 11.5 Å². The monoisotopic (exact) mass is 353 g/mol. The average molecular weight is 353 g/mol. The van der Waals surface area contributed by atoms with Gasteiger partial charge < -0.3 is 8.94 Å². The van der Waals surface area contributed by atoms with Crippen molar-refractivity contribution in [3.63, 3.8) is 0 Å². The standard InChI is InChI=1S/C14H10F3N5O3/c15-14(16,17)8-22-4-3-9(20-22)7-18-19-13(23)10-6-12(25-21-10)11-2-1-5-24-11/h1-7H,8H2,(H,19,23)/b18-7-. The van der Waals surface area contributed by atoms with Crippen LogP contribution in [0.4, 0.5) is 13.2 Å². The highest BCUT2D eigenvalue weighted by atomic mass is 19.4. The van der Waals surface area contributed by atoms with Gasteiger partial charge in [-0.1, -0.05) is 5.16 Å². The molecule has 3 aromatic heterocycles. The molecular formula is C14H10F3N5O3. The molecule has 0 saturated carbocycles. The van der Waals surface area contributed by atoms with Crippen LogP contribution >= 0.6 is 0 Å². The molecular weight excluding hydrogens is 343 g/mol. The summed E-state index contributed by atoms with van der Waals surface area (Å²) in [6.07, 6.45) is -0.657. The van der Waals surface area contributed by atoms with Crippen LogP contribution in [0.5, 0.6) is 0 Å². The second-order valence-electron chi connectivity index (χ2n) is 4.81. The Morgan fingerprint density at radius 3 is 2.92 bits per heavy atom. The van der Waals surface area contributed by atoms with Crippen molar-refractivity contribution in [1.29, 1.82) is 0 Å². The average Bonchev–Trinajstić information content (AvgIpc) is 3.26. The smallest absolute Gasteiger partial charge is 0.408 e. The van der Waals surface area contributed by atoms with Crippen molar-refractivity contribution >= 4 is 12.1 Å². The second kappa shape index (κ2) is 6.63. The lowest BCUT2D eigenvalue weighted by molar-refractivity contribution is -0.142. The molecule has 0 saturated heterocycles. The van der Waals surface area contributed by atoms with E-state index in [9.17, 15) is 18.0 Å². The van der Waals surface area contributed by atoms with Crippen molar-refractivity contribution < 1.29 is 26.9 Å². The predicted octanol–water partition coefficient (Wildman–Crippen LogP) is 2.46. The van der Waals surface area contributed by atoms with Crippen molar-refractivity contribution in [3.8, 4) is 11.5 Å². The Morgan fingerprint density at radius 2 is 2.20 bits per heavy atom. The fourth-order valence-electron chi connectivity index (χ4n) is 1.85. The molecule has 1 amide bonds. The van der Waals surface area contributed by atoms with Crippen molar-refractivity contribution in [3.05, 3.63) is 48.1 Å². The lowest BCUT2D eigenvalue weighted by Crippen LogP contribution is -2.19. The Hall–Kier alpha value is -3.37. The number of carbonyl (C=O) groups is 1. The fourth-order valence-corrected chi connectivity index (χ4v) is 1.85. The number of amides is 1. The third-order valence-corrected chi connectivity index (χ3v) is 2.87. The molecule has 11 heteroatoms. The van der Waals surface area contributed by atoms with Crippen LogP contribution in [0.2, 0.25) is 0 Å². The van der Waals surface area contributed by atoms with Crippen LogP contribution in [-0.2, 0) is 6.54 Å². The van der Waals surface area contributed by atoms with Gasteiger partial charge in [-0.2, -0.15) is 23.4 Å². The topological polar surface area (TPSA) is 98.5 Å². The first-order chi connectivity index (χ1) is 11.9. The van der Waals surface area contributed by atoms with Crippen LogP contribution in [0, 0.1) is 0 Å². The first-order valence-electron chi connectivity index (χ1n) is 6.85. The van der Waals surface area contributed by atoms with Crippen LogP contribution in [0.3, 0.4) is 0 Å². The summed E-state index contributed by atoms with van der Waals surface area (Å²) in [5, 5.41) is 10.8. The number of alkyl halides is 3. The Kier molecular flexibility index (Phi) is 4.37. The summed E-state index contributed by atoms with van der Waals surface area (Å²) < 4.78 is 47.5. The van der Waals surface area contributed by atoms with Gasteiger partial charge in [-0.3, -0.25) is 9.48 Å².